The maximum atomic E-state index is 3.56. The molecule has 1 aliphatic carbocycles. The van der Waals surface area contributed by atoms with Crippen molar-refractivity contribution >= 4 is 0 Å². The summed E-state index contributed by atoms with van der Waals surface area (Å²) >= 11 is 0. The van der Waals surface area contributed by atoms with Crippen LogP contribution in [0.25, 0.3) is 0 Å². The van der Waals surface area contributed by atoms with Crippen LogP contribution in [0.1, 0.15) is 26.2 Å². The predicted molar refractivity (Wildman–Crippen MR) is 38.3 cm³/mol. The fraction of sp³-hybridized carbons (Fsp3) is 1.00. The molecule has 0 aromatic rings. The van der Waals surface area contributed by atoms with E-state index in [-0.39, 0.29) is 0 Å². The monoisotopic (exact) mass is 125 g/mol. The van der Waals surface area contributed by atoms with E-state index in [1.807, 2.05) is 0 Å². The first-order valence-electron chi connectivity index (χ1n) is 4.15. The van der Waals surface area contributed by atoms with Gasteiger partial charge in [0.25, 0.3) is 0 Å². The van der Waals surface area contributed by atoms with E-state index in [2.05, 4.69) is 12.2 Å². The van der Waals surface area contributed by atoms with Crippen LogP contribution >= 0.6 is 0 Å². The molecule has 1 heteroatoms. The lowest BCUT2D eigenvalue weighted by Crippen LogP contribution is -2.44. The van der Waals surface area contributed by atoms with Gasteiger partial charge in [-0.15, -0.1) is 0 Å². The lowest BCUT2D eigenvalue weighted by Gasteiger charge is -2.39. The van der Waals surface area contributed by atoms with Crippen LogP contribution in [0.4, 0.5) is 0 Å². The summed E-state index contributed by atoms with van der Waals surface area (Å²) in [6, 6.07) is 0.926. The Bertz CT molecular complexity index is 111. The average Bonchev–Trinajstić information content (AvgIpc) is 2.14. The largest absolute Gasteiger partial charge is 0.313 e. The molecule has 1 heterocycles. The number of fused-ring (bicyclic) bond motifs is 1. The summed E-state index contributed by atoms with van der Waals surface area (Å²) < 4.78 is 0. The van der Waals surface area contributed by atoms with Gasteiger partial charge in [0.2, 0.25) is 0 Å². The van der Waals surface area contributed by atoms with Crippen molar-refractivity contribution in [2.75, 3.05) is 6.54 Å². The summed E-state index contributed by atoms with van der Waals surface area (Å²) in [6.07, 6.45) is 4.34. The number of rotatable bonds is 1. The van der Waals surface area contributed by atoms with Gasteiger partial charge < -0.3 is 5.32 Å². The Hall–Kier alpha value is -0.0400. The highest BCUT2D eigenvalue weighted by Crippen LogP contribution is 2.41. The first-order valence-corrected chi connectivity index (χ1v) is 4.15. The second-order valence-corrected chi connectivity index (χ2v) is 3.43. The molecule has 2 rings (SSSR count). The van der Waals surface area contributed by atoms with Crippen LogP contribution < -0.4 is 5.32 Å². The Balaban J connectivity index is 1.93. The summed E-state index contributed by atoms with van der Waals surface area (Å²) in [7, 11) is 0. The molecule has 2 fully saturated rings. The van der Waals surface area contributed by atoms with E-state index in [9.17, 15) is 0 Å². The smallest absolute Gasteiger partial charge is 0.0124 e. The normalized spacial score (nSPS) is 48.3. The van der Waals surface area contributed by atoms with Gasteiger partial charge in [-0.3, -0.25) is 0 Å². The zero-order chi connectivity index (χ0) is 6.27. The molecule has 1 saturated carbocycles. The fourth-order valence-corrected chi connectivity index (χ4v) is 2.36. The number of hydrogen-bond donors (Lipinski definition) is 1. The molecule has 1 aliphatic heterocycles. The Kier molecular flexibility index (Phi) is 1.26. The highest BCUT2D eigenvalue weighted by molar-refractivity contribution is 4.98. The number of hydrogen-bond acceptors (Lipinski definition) is 1. The molecule has 0 amide bonds. The van der Waals surface area contributed by atoms with Crippen molar-refractivity contribution < 1.29 is 0 Å². The second kappa shape index (κ2) is 1.98. The zero-order valence-corrected chi connectivity index (χ0v) is 6.06. The molecule has 1 N–H and O–H groups in total. The third-order valence-electron chi connectivity index (χ3n) is 3.04. The second-order valence-electron chi connectivity index (χ2n) is 3.43. The van der Waals surface area contributed by atoms with Gasteiger partial charge in [-0.2, -0.15) is 0 Å². The molecule has 0 aromatic carbocycles. The van der Waals surface area contributed by atoms with E-state index in [4.69, 9.17) is 0 Å². The minimum absolute atomic E-state index is 0.926. The molecule has 0 aromatic heterocycles. The molecule has 0 spiro atoms. The number of nitrogens with one attached hydrogen (secondary N) is 1. The van der Waals surface area contributed by atoms with E-state index < -0.39 is 0 Å². The first-order chi connectivity index (χ1) is 4.42. The molecular formula is C8H15N. The predicted octanol–water partition coefficient (Wildman–Crippen LogP) is 1.39. The Labute approximate surface area is 56.8 Å². The first kappa shape index (κ1) is 5.72. The van der Waals surface area contributed by atoms with Gasteiger partial charge in [-0.1, -0.05) is 13.3 Å². The topological polar surface area (TPSA) is 12.0 Å². The van der Waals surface area contributed by atoms with Gasteiger partial charge in [-0.25, -0.2) is 0 Å². The van der Waals surface area contributed by atoms with Crippen molar-refractivity contribution in [2.24, 2.45) is 11.8 Å². The van der Waals surface area contributed by atoms with Gasteiger partial charge in [-0.05, 0) is 31.2 Å². The Morgan fingerprint density at radius 2 is 2.44 bits per heavy atom. The highest BCUT2D eigenvalue weighted by Gasteiger charge is 2.42. The zero-order valence-electron chi connectivity index (χ0n) is 6.06. The molecule has 3 unspecified atom stereocenters. The molecule has 52 valence electrons. The van der Waals surface area contributed by atoms with Crippen molar-refractivity contribution in [2.45, 2.75) is 32.2 Å². The van der Waals surface area contributed by atoms with E-state index in [1.165, 1.54) is 25.8 Å². The molecular weight excluding hydrogens is 110 g/mol. The quantitative estimate of drug-likeness (QED) is 0.558. The van der Waals surface area contributed by atoms with Crippen LogP contribution in [0, 0.1) is 11.8 Å². The van der Waals surface area contributed by atoms with Gasteiger partial charge in [0.1, 0.15) is 0 Å². The van der Waals surface area contributed by atoms with Crippen molar-refractivity contribution in [3.8, 4) is 0 Å². The van der Waals surface area contributed by atoms with E-state index in [1.54, 1.807) is 0 Å². The lowest BCUT2D eigenvalue weighted by atomic mass is 9.70. The molecule has 2 aliphatic rings. The Morgan fingerprint density at radius 3 is 3.11 bits per heavy atom. The Morgan fingerprint density at radius 1 is 1.56 bits per heavy atom. The van der Waals surface area contributed by atoms with E-state index in [0.717, 1.165) is 17.9 Å². The van der Waals surface area contributed by atoms with Crippen molar-refractivity contribution in [1.29, 1.82) is 0 Å². The molecule has 9 heavy (non-hydrogen) atoms. The fourth-order valence-electron chi connectivity index (χ4n) is 2.36. The average molecular weight is 125 g/mol. The van der Waals surface area contributed by atoms with E-state index >= 15 is 0 Å². The summed E-state index contributed by atoms with van der Waals surface area (Å²) in [5, 5.41) is 3.56. The van der Waals surface area contributed by atoms with Crippen molar-refractivity contribution in [3.05, 3.63) is 0 Å². The van der Waals surface area contributed by atoms with Crippen LogP contribution in [0.15, 0.2) is 0 Å². The third-order valence-corrected chi connectivity index (χ3v) is 3.04. The van der Waals surface area contributed by atoms with Gasteiger partial charge in [0, 0.05) is 6.04 Å². The van der Waals surface area contributed by atoms with Crippen molar-refractivity contribution in [1.82, 2.24) is 5.32 Å². The SMILES string of the molecule is CCC1CC2CCNC12. The standard InChI is InChI=1S/C8H15N/c1-2-6-5-7-3-4-9-8(6)7/h6-9H,2-5H2,1H3. The van der Waals surface area contributed by atoms with Crippen LogP contribution in [-0.2, 0) is 0 Å². The minimum atomic E-state index is 0.926. The third kappa shape index (κ3) is 0.710. The summed E-state index contributed by atoms with van der Waals surface area (Å²) in [6.45, 7) is 3.59. The summed E-state index contributed by atoms with van der Waals surface area (Å²) in [5.41, 5.74) is 0. The van der Waals surface area contributed by atoms with Crippen molar-refractivity contribution in [3.63, 3.8) is 0 Å². The molecule has 1 saturated heterocycles. The molecule has 3 atom stereocenters. The lowest BCUT2D eigenvalue weighted by molar-refractivity contribution is 0.152. The van der Waals surface area contributed by atoms with Crippen LogP contribution in [0.2, 0.25) is 0 Å². The van der Waals surface area contributed by atoms with Crippen LogP contribution in [-0.4, -0.2) is 12.6 Å². The molecule has 1 nitrogen and oxygen atoms in total. The summed E-state index contributed by atoms with van der Waals surface area (Å²) in [5.74, 6) is 2.09. The maximum absolute atomic E-state index is 3.56. The van der Waals surface area contributed by atoms with Crippen LogP contribution in [0.5, 0.6) is 0 Å². The minimum Gasteiger partial charge on any atom is -0.313 e. The molecule has 0 bridgehead atoms. The van der Waals surface area contributed by atoms with Gasteiger partial charge in [0.15, 0.2) is 0 Å². The summed E-state index contributed by atoms with van der Waals surface area (Å²) in [4.78, 5) is 0. The van der Waals surface area contributed by atoms with Crippen LogP contribution in [0.3, 0.4) is 0 Å². The van der Waals surface area contributed by atoms with Gasteiger partial charge in [0.05, 0.1) is 0 Å². The molecule has 0 radical (unpaired) electrons. The maximum Gasteiger partial charge on any atom is 0.0124 e. The highest BCUT2D eigenvalue weighted by atomic mass is 15.0. The van der Waals surface area contributed by atoms with E-state index in [0.29, 0.717) is 0 Å². The van der Waals surface area contributed by atoms with Gasteiger partial charge >= 0.3 is 0 Å².